The van der Waals surface area contributed by atoms with E-state index in [1.165, 1.54) is 0 Å². The summed E-state index contributed by atoms with van der Waals surface area (Å²) in [4.78, 5) is 22.0. The number of unbranched alkanes of at least 4 members (excludes halogenated alkanes) is 1. The SMILES string of the molecule is CCCCN(C(=O)Nc1cnn(C)c1)C1CCN(Cc2ccc(Oc3c(C)cc(NS(C)(=O)=O)cc3C)nc2)CC1. The van der Waals surface area contributed by atoms with E-state index in [-0.39, 0.29) is 12.1 Å². The van der Waals surface area contributed by atoms with Gasteiger partial charge in [-0.3, -0.25) is 14.3 Å². The van der Waals surface area contributed by atoms with Crippen LogP contribution >= 0.6 is 0 Å². The average molecular weight is 584 g/mol. The summed E-state index contributed by atoms with van der Waals surface area (Å²) in [5.74, 6) is 1.14. The molecular formula is C29H41N7O4S. The minimum absolute atomic E-state index is 0.0588. The lowest BCUT2D eigenvalue weighted by Gasteiger charge is -2.38. The first-order valence-corrected chi connectivity index (χ1v) is 15.9. The number of hydrogen-bond donors (Lipinski definition) is 2. The largest absolute Gasteiger partial charge is 0.438 e. The Morgan fingerprint density at radius 2 is 1.83 bits per heavy atom. The van der Waals surface area contributed by atoms with Crippen LogP contribution < -0.4 is 14.8 Å². The third kappa shape index (κ3) is 8.67. The van der Waals surface area contributed by atoms with E-state index in [9.17, 15) is 13.2 Å². The fourth-order valence-corrected chi connectivity index (χ4v) is 5.71. The monoisotopic (exact) mass is 583 g/mol. The maximum absolute atomic E-state index is 13.1. The van der Waals surface area contributed by atoms with Crippen molar-refractivity contribution in [3.63, 3.8) is 0 Å². The van der Waals surface area contributed by atoms with Crippen LogP contribution in [0, 0.1) is 13.8 Å². The number of aryl methyl sites for hydroxylation is 3. The maximum atomic E-state index is 13.1. The van der Waals surface area contributed by atoms with E-state index in [0.29, 0.717) is 23.0 Å². The zero-order valence-corrected chi connectivity index (χ0v) is 25.4. The molecule has 0 unspecified atom stereocenters. The molecule has 0 bridgehead atoms. The molecule has 1 aromatic carbocycles. The van der Waals surface area contributed by atoms with Crippen LogP contribution in [-0.4, -0.2) is 70.9 Å². The van der Waals surface area contributed by atoms with Gasteiger partial charge in [0.15, 0.2) is 0 Å². The van der Waals surface area contributed by atoms with Crippen molar-refractivity contribution in [3.8, 4) is 11.6 Å². The molecule has 2 N–H and O–H groups in total. The highest BCUT2D eigenvalue weighted by Gasteiger charge is 2.28. The highest BCUT2D eigenvalue weighted by molar-refractivity contribution is 7.92. The highest BCUT2D eigenvalue weighted by Crippen LogP contribution is 2.31. The van der Waals surface area contributed by atoms with Gasteiger partial charge in [-0.1, -0.05) is 19.4 Å². The number of amides is 2. The number of carbonyl (C=O) groups is 1. The summed E-state index contributed by atoms with van der Waals surface area (Å²) in [6.45, 7) is 9.21. The number of carbonyl (C=O) groups excluding carboxylic acids is 1. The molecule has 1 fully saturated rings. The number of sulfonamides is 1. The Kier molecular flexibility index (Phi) is 9.87. The molecule has 222 valence electrons. The van der Waals surface area contributed by atoms with Crippen molar-refractivity contribution in [2.45, 2.75) is 59.0 Å². The summed E-state index contributed by atoms with van der Waals surface area (Å²) < 4.78 is 33.4. The summed E-state index contributed by atoms with van der Waals surface area (Å²) in [6.07, 6.45) is 10.3. The van der Waals surface area contributed by atoms with E-state index in [4.69, 9.17) is 4.74 Å². The van der Waals surface area contributed by atoms with E-state index >= 15 is 0 Å². The second-order valence-corrected chi connectivity index (χ2v) is 12.6. The van der Waals surface area contributed by atoms with Crippen LogP contribution in [0.2, 0.25) is 0 Å². The molecule has 0 saturated carbocycles. The molecule has 0 spiro atoms. The Hall–Kier alpha value is -3.64. The summed E-state index contributed by atoms with van der Waals surface area (Å²) in [6, 6.07) is 7.51. The number of likely N-dealkylation sites (tertiary alicyclic amines) is 1. The first kappa shape index (κ1) is 30.3. The molecule has 1 aliphatic heterocycles. The number of pyridine rings is 1. The Morgan fingerprint density at radius 1 is 1.12 bits per heavy atom. The summed E-state index contributed by atoms with van der Waals surface area (Å²) >= 11 is 0. The number of urea groups is 1. The van der Waals surface area contributed by atoms with E-state index in [1.54, 1.807) is 29.2 Å². The van der Waals surface area contributed by atoms with Gasteiger partial charge in [-0.15, -0.1) is 0 Å². The summed E-state index contributed by atoms with van der Waals surface area (Å²) in [5, 5.41) is 7.15. The molecule has 2 aromatic heterocycles. The number of nitrogens with one attached hydrogen (secondary N) is 2. The van der Waals surface area contributed by atoms with Gasteiger partial charge >= 0.3 is 6.03 Å². The van der Waals surface area contributed by atoms with Crippen LogP contribution in [0.25, 0.3) is 0 Å². The third-order valence-electron chi connectivity index (χ3n) is 7.14. The minimum Gasteiger partial charge on any atom is -0.438 e. The molecule has 41 heavy (non-hydrogen) atoms. The molecule has 0 aliphatic carbocycles. The molecule has 0 atom stereocenters. The predicted molar refractivity (Wildman–Crippen MR) is 161 cm³/mol. The van der Waals surface area contributed by atoms with Gasteiger partial charge in [0, 0.05) is 63.4 Å². The van der Waals surface area contributed by atoms with Gasteiger partial charge in [-0.2, -0.15) is 5.10 Å². The molecule has 3 aromatic rings. The van der Waals surface area contributed by atoms with Crippen molar-refractivity contribution in [3.05, 3.63) is 59.5 Å². The highest BCUT2D eigenvalue weighted by atomic mass is 32.2. The lowest BCUT2D eigenvalue weighted by atomic mass is 10.0. The number of nitrogens with zero attached hydrogens (tertiary/aromatic N) is 5. The second-order valence-electron chi connectivity index (χ2n) is 10.8. The fourth-order valence-electron chi connectivity index (χ4n) is 5.16. The number of anilines is 2. The number of benzene rings is 1. The van der Waals surface area contributed by atoms with Gasteiger partial charge < -0.3 is 15.0 Å². The number of ether oxygens (including phenoxy) is 1. The molecule has 11 nitrogen and oxygen atoms in total. The van der Waals surface area contributed by atoms with Crippen molar-refractivity contribution < 1.29 is 17.9 Å². The molecule has 3 heterocycles. The van der Waals surface area contributed by atoms with Gasteiger partial charge in [-0.25, -0.2) is 18.2 Å². The van der Waals surface area contributed by atoms with Gasteiger partial charge in [0.2, 0.25) is 15.9 Å². The lowest BCUT2D eigenvalue weighted by molar-refractivity contribution is 0.122. The van der Waals surface area contributed by atoms with E-state index in [0.717, 1.165) is 74.8 Å². The first-order chi connectivity index (χ1) is 19.5. The molecular weight excluding hydrogens is 542 g/mol. The van der Waals surface area contributed by atoms with Crippen molar-refractivity contribution in [1.29, 1.82) is 0 Å². The van der Waals surface area contributed by atoms with E-state index in [2.05, 4.69) is 31.9 Å². The van der Waals surface area contributed by atoms with Crippen molar-refractivity contribution >= 4 is 27.4 Å². The first-order valence-electron chi connectivity index (χ1n) is 14.0. The van der Waals surface area contributed by atoms with Crippen LogP contribution in [0.4, 0.5) is 16.2 Å². The number of rotatable bonds is 11. The molecule has 1 aliphatic rings. The molecule has 0 radical (unpaired) electrons. The van der Waals surface area contributed by atoms with Crippen LogP contribution in [-0.2, 0) is 23.6 Å². The quantitative estimate of drug-likeness (QED) is 0.329. The maximum Gasteiger partial charge on any atom is 0.322 e. The molecule has 2 amide bonds. The standard InChI is InChI=1S/C29H41N7O4S/c1-6-7-12-36(29(37)32-25-18-31-34(4)20-25)26-10-13-35(14-11-26)19-23-8-9-27(30-17-23)40-28-21(2)15-24(16-22(28)3)33-41(5,38)39/h8-9,15-18,20,26,33H,6-7,10-14,19H2,1-5H3,(H,32,37). The van der Waals surface area contributed by atoms with Crippen LogP contribution in [0.1, 0.15) is 49.3 Å². The van der Waals surface area contributed by atoms with Gasteiger partial charge in [-0.05, 0) is 61.9 Å². The molecule has 1 saturated heterocycles. The van der Waals surface area contributed by atoms with Crippen molar-refractivity contribution in [2.75, 3.05) is 35.9 Å². The minimum atomic E-state index is -3.36. The van der Waals surface area contributed by atoms with Gasteiger partial charge in [0.25, 0.3) is 0 Å². The predicted octanol–water partition coefficient (Wildman–Crippen LogP) is 4.89. The lowest BCUT2D eigenvalue weighted by Crippen LogP contribution is -2.49. The summed E-state index contributed by atoms with van der Waals surface area (Å²) in [7, 11) is -1.52. The third-order valence-corrected chi connectivity index (χ3v) is 7.75. The normalized spacial score (nSPS) is 14.6. The van der Waals surface area contributed by atoms with Crippen molar-refractivity contribution in [2.24, 2.45) is 7.05 Å². The number of hydrogen-bond acceptors (Lipinski definition) is 7. The second kappa shape index (κ2) is 13.3. The van der Waals surface area contributed by atoms with E-state index < -0.39 is 10.0 Å². The molecule has 4 rings (SSSR count). The number of piperidine rings is 1. The van der Waals surface area contributed by atoms with Crippen LogP contribution in [0.15, 0.2) is 42.9 Å². The van der Waals surface area contributed by atoms with Crippen LogP contribution in [0.3, 0.4) is 0 Å². The fraction of sp³-hybridized carbons (Fsp3) is 0.483. The zero-order valence-electron chi connectivity index (χ0n) is 24.6. The molecule has 12 heteroatoms. The topological polar surface area (TPSA) is 122 Å². The van der Waals surface area contributed by atoms with Crippen molar-refractivity contribution in [1.82, 2.24) is 24.6 Å². The Balaban J connectivity index is 1.31. The smallest absolute Gasteiger partial charge is 0.322 e. The summed E-state index contributed by atoms with van der Waals surface area (Å²) in [5.41, 5.74) is 3.93. The Labute approximate surface area is 242 Å². The van der Waals surface area contributed by atoms with Gasteiger partial charge in [0.05, 0.1) is 18.1 Å². The average Bonchev–Trinajstić information content (AvgIpc) is 3.31. The van der Waals surface area contributed by atoms with Crippen LogP contribution in [0.5, 0.6) is 11.6 Å². The van der Waals surface area contributed by atoms with Gasteiger partial charge in [0.1, 0.15) is 5.75 Å². The Bertz CT molecular complexity index is 1410. The Morgan fingerprint density at radius 3 is 2.39 bits per heavy atom. The number of aromatic nitrogens is 3. The zero-order chi connectivity index (χ0) is 29.6. The van der Waals surface area contributed by atoms with E-state index in [1.807, 2.05) is 44.1 Å².